The van der Waals surface area contributed by atoms with E-state index in [1.165, 1.54) is 36.4 Å². The predicted molar refractivity (Wildman–Crippen MR) is 85.2 cm³/mol. The molecule has 1 aliphatic carbocycles. The molecule has 3 rings (SSSR count). The minimum atomic E-state index is 0.678. The minimum Gasteiger partial charge on any atom is -0.330 e. The summed E-state index contributed by atoms with van der Waals surface area (Å²) in [5, 5.41) is 1.92. The van der Waals surface area contributed by atoms with Crippen molar-refractivity contribution in [1.82, 2.24) is 9.38 Å². The highest BCUT2D eigenvalue weighted by Gasteiger charge is 2.22. The Bertz CT molecular complexity index is 578. The van der Waals surface area contributed by atoms with Crippen molar-refractivity contribution in [1.29, 1.82) is 0 Å². The Morgan fingerprint density at radius 2 is 2.30 bits per heavy atom. The van der Waals surface area contributed by atoms with Gasteiger partial charge < -0.3 is 10.1 Å². The monoisotopic (exact) mass is 289 g/mol. The third-order valence-corrected chi connectivity index (χ3v) is 5.45. The van der Waals surface area contributed by atoms with E-state index in [0.717, 1.165) is 23.2 Å². The highest BCUT2D eigenvalue weighted by atomic mass is 32.2. The second-order valence-electron chi connectivity index (χ2n) is 5.84. The van der Waals surface area contributed by atoms with Gasteiger partial charge in [0.05, 0.1) is 5.69 Å². The van der Waals surface area contributed by atoms with Crippen LogP contribution in [0, 0.1) is 5.92 Å². The zero-order chi connectivity index (χ0) is 13.9. The van der Waals surface area contributed by atoms with Crippen LogP contribution in [0.2, 0.25) is 0 Å². The molecule has 2 aromatic heterocycles. The average Bonchev–Trinajstić information content (AvgIpc) is 2.77. The second-order valence-corrected chi connectivity index (χ2v) is 7.13. The van der Waals surface area contributed by atoms with Crippen LogP contribution in [0.4, 0.5) is 0 Å². The van der Waals surface area contributed by atoms with Gasteiger partial charge in [0, 0.05) is 17.9 Å². The standard InChI is InChI=1S/C16H23N3S/c1-12-5-4-6-13(11-12)20-16-14(8-9-17)19-10-3-2-7-15(19)18-16/h2-3,7,10,12-13H,4-6,8-9,11,17H2,1H3. The Labute approximate surface area is 125 Å². The normalized spacial score (nSPS) is 23.3. The summed E-state index contributed by atoms with van der Waals surface area (Å²) in [6, 6.07) is 6.19. The number of pyridine rings is 1. The number of imidazole rings is 1. The summed E-state index contributed by atoms with van der Waals surface area (Å²) in [6.07, 6.45) is 8.39. The summed E-state index contributed by atoms with van der Waals surface area (Å²) < 4.78 is 2.20. The Hall–Kier alpha value is -1.00. The summed E-state index contributed by atoms with van der Waals surface area (Å²) in [7, 11) is 0. The number of hydrogen-bond donors (Lipinski definition) is 1. The van der Waals surface area contributed by atoms with E-state index in [-0.39, 0.29) is 0 Å². The van der Waals surface area contributed by atoms with Gasteiger partial charge in [0.1, 0.15) is 10.7 Å². The number of fused-ring (bicyclic) bond motifs is 1. The highest BCUT2D eigenvalue weighted by molar-refractivity contribution is 7.99. The van der Waals surface area contributed by atoms with Crippen molar-refractivity contribution in [3.8, 4) is 0 Å². The van der Waals surface area contributed by atoms with Crippen LogP contribution < -0.4 is 5.73 Å². The van der Waals surface area contributed by atoms with Crippen molar-refractivity contribution < 1.29 is 0 Å². The molecule has 2 heterocycles. The molecule has 108 valence electrons. The zero-order valence-corrected chi connectivity index (χ0v) is 12.9. The lowest BCUT2D eigenvalue weighted by atomic mass is 9.91. The largest absolute Gasteiger partial charge is 0.330 e. The molecule has 1 aliphatic rings. The second kappa shape index (κ2) is 6.19. The van der Waals surface area contributed by atoms with Crippen molar-refractivity contribution >= 4 is 17.4 Å². The Morgan fingerprint density at radius 1 is 1.40 bits per heavy atom. The average molecular weight is 289 g/mol. The van der Waals surface area contributed by atoms with Gasteiger partial charge in [-0.05, 0) is 37.4 Å². The van der Waals surface area contributed by atoms with E-state index in [1.54, 1.807) is 0 Å². The van der Waals surface area contributed by atoms with Gasteiger partial charge in [-0.2, -0.15) is 0 Å². The van der Waals surface area contributed by atoms with Crippen LogP contribution in [0.3, 0.4) is 0 Å². The van der Waals surface area contributed by atoms with Gasteiger partial charge in [-0.25, -0.2) is 4.98 Å². The van der Waals surface area contributed by atoms with E-state index in [4.69, 9.17) is 10.7 Å². The van der Waals surface area contributed by atoms with Gasteiger partial charge >= 0.3 is 0 Å². The van der Waals surface area contributed by atoms with E-state index < -0.39 is 0 Å². The summed E-state index contributed by atoms with van der Waals surface area (Å²) in [6.45, 7) is 3.05. The molecule has 0 bridgehead atoms. The number of nitrogens with two attached hydrogens (primary N) is 1. The van der Waals surface area contributed by atoms with Crippen molar-refractivity contribution in [3.05, 3.63) is 30.1 Å². The third kappa shape index (κ3) is 2.86. The number of rotatable bonds is 4. The molecule has 0 spiro atoms. The van der Waals surface area contributed by atoms with Crippen molar-refractivity contribution in [2.24, 2.45) is 11.7 Å². The fourth-order valence-corrected chi connectivity index (χ4v) is 4.63. The summed E-state index contributed by atoms with van der Waals surface area (Å²) in [4.78, 5) is 4.82. The number of nitrogens with zero attached hydrogens (tertiary/aromatic N) is 2. The van der Waals surface area contributed by atoms with Crippen LogP contribution in [-0.2, 0) is 6.42 Å². The maximum atomic E-state index is 5.78. The smallest absolute Gasteiger partial charge is 0.138 e. The quantitative estimate of drug-likeness (QED) is 0.936. The zero-order valence-electron chi connectivity index (χ0n) is 12.1. The Morgan fingerprint density at radius 3 is 3.10 bits per heavy atom. The molecule has 2 atom stereocenters. The molecule has 1 saturated carbocycles. The summed E-state index contributed by atoms with van der Waals surface area (Å²) >= 11 is 1.97. The molecule has 2 N–H and O–H groups in total. The molecule has 0 aliphatic heterocycles. The van der Waals surface area contributed by atoms with Gasteiger partial charge in [0.2, 0.25) is 0 Å². The van der Waals surface area contributed by atoms with Crippen LogP contribution in [0.5, 0.6) is 0 Å². The molecule has 2 unspecified atom stereocenters. The first-order valence-corrected chi connectivity index (χ1v) is 8.48. The molecule has 1 fully saturated rings. The van der Waals surface area contributed by atoms with Crippen LogP contribution in [0.1, 0.15) is 38.3 Å². The topological polar surface area (TPSA) is 43.3 Å². The Balaban J connectivity index is 1.87. The Kier molecular flexibility index (Phi) is 4.32. The number of aromatic nitrogens is 2. The van der Waals surface area contributed by atoms with Crippen molar-refractivity contribution in [2.45, 2.75) is 49.3 Å². The lowest BCUT2D eigenvalue weighted by Crippen LogP contribution is -2.15. The predicted octanol–water partition coefficient (Wildman–Crippen LogP) is 3.51. The first-order chi connectivity index (χ1) is 9.78. The molecule has 2 aromatic rings. The third-order valence-electron chi connectivity index (χ3n) is 4.14. The van der Waals surface area contributed by atoms with Crippen LogP contribution >= 0.6 is 11.8 Å². The molecular formula is C16H23N3S. The fourth-order valence-electron chi connectivity index (χ4n) is 3.13. The van der Waals surface area contributed by atoms with E-state index in [1.807, 2.05) is 17.8 Å². The number of hydrogen-bond acceptors (Lipinski definition) is 3. The lowest BCUT2D eigenvalue weighted by molar-refractivity contribution is 0.394. The first kappa shape index (κ1) is 14.0. The van der Waals surface area contributed by atoms with Crippen LogP contribution in [0.25, 0.3) is 5.65 Å². The molecule has 0 radical (unpaired) electrons. The van der Waals surface area contributed by atoms with Gasteiger partial charge in [0.15, 0.2) is 0 Å². The maximum absolute atomic E-state index is 5.78. The molecule has 0 aromatic carbocycles. The maximum Gasteiger partial charge on any atom is 0.138 e. The molecule has 20 heavy (non-hydrogen) atoms. The number of thioether (sulfide) groups is 1. The molecule has 0 saturated heterocycles. The molecular weight excluding hydrogens is 266 g/mol. The highest BCUT2D eigenvalue weighted by Crippen LogP contribution is 2.37. The lowest BCUT2D eigenvalue weighted by Gasteiger charge is -2.25. The minimum absolute atomic E-state index is 0.678. The van der Waals surface area contributed by atoms with E-state index >= 15 is 0 Å². The van der Waals surface area contributed by atoms with E-state index in [9.17, 15) is 0 Å². The van der Waals surface area contributed by atoms with E-state index in [0.29, 0.717) is 6.54 Å². The van der Waals surface area contributed by atoms with Gasteiger partial charge in [0.25, 0.3) is 0 Å². The van der Waals surface area contributed by atoms with Crippen molar-refractivity contribution in [2.75, 3.05) is 6.54 Å². The molecule has 0 amide bonds. The van der Waals surface area contributed by atoms with E-state index in [2.05, 4.69) is 29.7 Å². The van der Waals surface area contributed by atoms with Crippen LogP contribution in [0.15, 0.2) is 29.4 Å². The molecule has 4 heteroatoms. The first-order valence-electron chi connectivity index (χ1n) is 7.60. The van der Waals surface area contributed by atoms with Gasteiger partial charge in [-0.3, -0.25) is 0 Å². The van der Waals surface area contributed by atoms with Crippen LogP contribution in [-0.4, -0.2) is 21.2 Å². The summed E-state index contributed by atoms with van der Waals surface area (Å²) in [5.74, 6) is 0.858. The van der Waals surface area contributed by atoms with Gasteiger partial charge in [-0.15, -0.1) is 11.8 Å². The van der Waals surface area contributed by atoms with Crippen molar-refractivity contribution in [3.63, 3.8) is 0 Å². The summed E-state index contributed by atoms with van der Waals surface area (Å²) in [5.41, 5.74) is 8.11. The molecule has 3 nitrogen and oxygen atoms in total. The fraction of sp³-hybridized carbons (Fsp3) is 0.562. The van der Waals surface area contributed by atoms with Gasteiger partial charge in [-0.1, -0.05) is 25.8 Å². The SMILES string of the molecule is CC1CCCC(Sc2nc3ccccn3c2CCN)C1.